The zero-order valence-electron chi connectivity index (χ0n) is 18.8. The fourth-order valence-corrected chi connectivity index (χ4v) is 4.83. The fourth-order valence-electron chi connectivity index (χ4n) is 4.66. The number of benzene rings is 3. The van der Waals surface area contributed by atoms with Crippen LogP contribution in [0.2, 0.25) is 5.02 Å². The zero-order chi connectivity index (χ0) is 23.9. The molecule has 1 fully saturated rings. The van der Waals surface area contributed by atoms with E-state index in [1.807, 2.05) is 37.4 Å². The molecular weight excluding hydrogens is 452 g/mol. The monoisotopic (exact) mass is 477 g/mol. The maximum Gasteiger partial charge on any atom is 0.296 e. The number of para-hydroxylation sites is 1. The SMILES string of the molecule is C[N+]1(NC(=O)c2ccc(O)c(O)c2)CCC(C2=Nc3cc(Cl)ccc3Nc3ccccc32)CC1. The molecule has 34 heavy (non-hydrogen) atoms. The number of phenols is 2. The van der Waals surface area contributed by atoms with Crippen molar-refractivity contribution < 1.29 is 19.6 Å². The van der Waals surface area contributed by atoms with Gasteiger partial charge in [0.25, 0.3) is 5.91 Å². The van der Waals surface area contributed by atoms with Crippen LogP contribution in [0.25, 0.3) is 0 Å². The Hall–Kier alpha value is -3.55. The number of carbonyl (C=O) groups excluding carboxylic acids is 1. The van der Waals surface area contributed by atoms with Crippen LogP contribution in [-0.4, -0.2) is 46.6 Å². The number of rotatable bonds is 3. The molecule has 5 rings (SSSR count). The third-order valence-electron chi connectivity index (χ3n) is 6.61. The van der Waals surface area contributed by atoms with E-state index in [0.717, 1.165) is 54.3 Å². The number of phenolic OH excluding ortho intramolecular Hbond substituents is 2. The lowest BCUT2D eigenvalue weighted by atomic mass is 9.87. The summed E-state index contributed by atoms with van der Waals surface area (Å²) in [6, 6.07) is 18.0. The van der Waals surface area contributed by atoms with Gasteiger partial charge in [-0.15, -0.1) is 0 Å². The van der Waals surface area contributed by atoms with Crippen molar-refractivity contribution in [2.75, 3.05) is 25.5 Å². The van der Waals surface area contributed by atoms with Gasteiger partial charge in [-0.2, -0.15) is 5.43 Å². The van der Waals surface area contributed by atoms with Crippen LogP contribution in [0.15, 0.2) is 65.7 Å². The number of quaternary nitrogens is 1. The quantitative estimate of drug-likeness (QED) is 0.310. The van der Waals surface area contributed by atoms with Gasteiger partial charge in [-0.25, -0.2) is 4.59 Å². The van der Waals surface area contributed by atoms with Crippen molar-refractivity contribution in [1.82, 2.24) is 5.43 Å². The largest absolute Gasteiger partial charge is 0.504 e. The molecule has 2 aliphatic rings. The summed E-state index contributed by atoms with van der Waals surface area (Å²) < 4.78 is 0.382. The molecule has 0 radical (unpaired) electrons. The molecule has 0 aliphatic carbocycles. The Morgan fingerprint density at radius 1 is 1.03 bits per heavy atom. The van der Waals surface area contributed by atoms with Crippen LogP contribution in [0.3, 0.4) is 0 Å². The number of hydrogen-bond donors (Lipinski definition) is 4. The number of halogens is 1. The molecule has 3 aromatic rings. The van der Waals surface area contributed by atoms with Gasteiger partial charge in [0.15, 0.2) is 11.5 Å². The molecule has 0 bridgehead atoms. The highest BCUT2D eigenvalue weighted by molar-refractivity contribution is 6.31. The number of fused-ring (bicyclic) bond motifs is 2. The maximum atomic E-state index is 12.8. The van der Waals surface area contributed by atoms with Gasteiger partial charge in [-0.1, -0.05) is 29.8 Å². The van der Waals surface area contributed by atoms with E-state index in [9.17, 15) is 15.0 Å². The van der Waals surface area contributed by atoms with Crippen molar-refractivity contribution in [1.29, 1.82) is 0 Å². The Bertz CT molecular complexity index is 1300. The maximum absolute atomic E-state index is 12.8. The van der Waals surface area contributed by atoms with Crippen LogP contribution in [0.5, 0.6) is 11.5 Å². The Morgan fingerprint density at radius 3 is 2.56 bits per heavy atom. The van der Waals surface area contributed by atoms with E-state index >= 15 is 0 Å². The average Bonchev–Trinajstić information content (AvgIpc) is 2.97. The molecule has 4 N–H and O–H groups in total. The molecule has 0 unspecified atom stereocenters. The highest BCUT2D eigenvalue weighted by Crippen LogP contribution is 2.39. The number of carbonyl (C=O) groups is 1. The van der Waals surface area contributed by atoms with Crippen LogP contribution in [-0.2, 0) is 0 Å². The Morgan fingerprint density at radius 2 is 1.79 bits per heavy atom. The lowest BCUT2D eigenvalue weighted by Crippen LogP contribution is -2.61. The molecule has 2 aliphatic heterocycles. The molecule has 0 saturated carbocycles. The van der Waals surface area contributed by atoms with Crippen LogP contribution in [0, 0.1) is 5.92 Å². The van der Waals surface area contributed by atoms with E-state index in [1.165, 1.54) is 18.2 Å². The summed E-state index contributed by atoms with van der Waals surface area (Å²) in [6.45, 7) is 1.47. The second kappa shape index (κ2) is 8.66. The number of anilines is 2. The number of nitrogens with zero attached hydrogens (tertiary/aromatic N) is 2. The number of hydrogen-bond acceptors (Lipinski definition) is 5. The minimum Gasteiger partial charge on any atom is -0.504 e. The van der Waals surface area contributed by atoms with Gasteiger partial charge in [0.2, 0.25) is 0 Å². The molecule has 3 aromatic carbocycles. The number of nitrogens with one attached hydrogen (secondary N) is 2. The van der Waals surface area contributed by atoms with Crippen molar-refractivity contribution in [3.63, 3.8) is 0 Å². The predicted octanol–water partition coefficient (Wildman–Crippen LogP) is 5.13. The molecule has 2 heterocycles. The predicted molar refractivity (Wildman–Crippen MR) is 133 cm³/mol. The summed E-state index contributed by atoms with van der Waals surface area (Å²) in [7, 11) is 1.99. The smallest absolute Gasteiger partial charge is 0.296 e. The molecule has 0 spiro atoms. The summed E-state index contributed by atoms with van der Waals surface area (Å²) in [5, 5.41) is 23.4. The molecule has 7 nitrogen and oxygen atoms in total. The highest BCUT2D eigenvalue weighted by atomic mass is 35.5. The van der Waals surface area contributed by atoms with Crippen molar-refractivity contribution in [2.45, 2.75) is 12.8 Å². The number of likely N-dealkylation sites (tertiary alicyclic amines) is 1. The lowest BCUT2D eigenvalue weighted by Gasteiger charge is -2.39. The van der Waals surface area contributed by atoms with Gasteiger partial charge in [0, 0.05) is 40.6 Å². The van der Waals surface area contributed by atoms with E-state index in [4.69, 9.17) is 16.6 Å². The van der Waals surface area contributed by atoms with Gasteiger partial charge in [0.05, 0.1) is 24.1 Å². The van der Waals surface area contributed by atoms with E-state index in [2.05, 4.69) is 22.9 Å². The second-order valence-corrected chi connectivity index (χ2v) is 9.53. The first-order valence-corrected chi connectivity index (χ1v) is 11.6. The van der Waals surface area contributed by atoms with E-state index in [0.29, 0.717) is 15.2 Å². The van der Waals surface area contributed by atoms with E-state index in [1.54, 1.807) is 0 Å². The topological polar surface area (TPSA) is 94.0 Å². The standard InChI is InChI=1S/C26H25ClN4O3/c1-31(30-26(34)17-6-9-23(32)24(33)14-17)12-10-16(11-13-31)25-19-4-2-3-5-20(19)28-21-8-7-18(27)15-22(21)29-25/h2-9,14-16H,10-13H2,1H3,(H3-,28,29,30,32,33,34)/p+1. The van der Waals surface area contributed by atoms with E-state index in [-0.39, 0.29) is 23.3 Å². The first-order chi connectivity index (χ1) is 16.3. The minimum absolute atomic E-state index is 0.230. The third-order valence-corrected chi connectivity index (χ3v) is 6.85. The number of piperidine rings is 1. The average molecular weight is 478 g/mol. The first kappa shape index (κ1) is 22.3. The Labute approximate surface area is 202 Å². The van der Waals surface area contributed by atoms with Crippen molar-refractivity contribution in [3.05, 3.63) is 76.8 Å². The third kappa shape index (κ3) is 4.32. The van der Waals surface area contributed by atoms with Crippen LogP contribution >= 0.6 is 11.6 Å². The van der Waals surface area contributed by atoms with Crippen molar-refractivity contribution in [3.8, 4) is 11.5 Å². The molecule has 1 amide bonds. The zero-order valence-corrected chi connectivity index (χ0v) is 19.5. The van der Waals surface area contributed by atoms with Gasteiger partial charge in [0.1, 0.15) is 13.1 Å². The molecule has 0 atom stereocenters. The van der Waals surface area contributed by atoms with Gasteiger partial charge < -0.3 is 15.5 Å². The summed E-state index contributed by atoms with van der Waals surface area (Å²) in [4.78, 5) is 17.8. The van der Waals surface area contributed by atoms with Crippen molar-refractivity contribution >= 4 is 40.3 Å². The summed E-state index contributed by atoms with van der Waals surface area (Å²) >= 11 is 6.26. The molecule has 1 saturated heterocycles. The first-order valence-electron chi connectivity index (χ1n) is 11.2. The van der Waals surface area contributed by atoms with Crippen LogP contribution in [0.4, 0.5) is 17.1 Å². The molecular formula is C26H26ClN4O3+. The number of amides is 1. The lowest BCUT2D eigenvalue weighted by molar-refractivity contribution is -0.947. The van der Waals surface area contributed by atoms with Crippen LogP contribution < -0.4 is 10.7 Å². The summed E-state index contributed by atoms with van der Waals surface area (Å²) in [6.07, 6.45) is 1.70. The molecule has 174 valence electrons. The molecule has 8 heteroatoms. The Kier molecular flexibility index (Phi) is 5.67. The van der Waals surface area contributed by atoms with Gasteiger partial charge in [-0.3, -0.25) is 9.79 Å². The minimum atomic E-state index is -0.312. The van der Waals surface area contributed by atoms with Crippen LogP contribution in [0.1, 0.15) is 28.8 Å². The summed E-state index contributed by atoms with van der Waals surface area (Å²) in [5.41, 5.74) is 8.26. The molecule has 0 aromatic heterocycles. The number of aromatic hydroxyl groups is 2. The van der Waals surface area contributed by atoms with E-state index < -0.39 is 0 Å². The highest BCUT2D eigenvalue weighted by Gasteiger charge is 2.36. The normalized spacial score (nSPS) is 21.4. The summed E-state index contributed by atoms with van der Waals surface area (Å²) in [5.74, 6) is -0.623. The van der Waals surface area contributed by atoms with Crippen molar-refractivity contribution in [2.24, 2.45) is 10.9 Å². The fraction of sp³-hybridized carbons (Fsp3) is 0.231. The van der Waals surface area contributed by atoms with Gasteiger partial charge in [-0.05, 0) is 42.5 Å². The van der Waals surface area contributed by atoms with Gasteiger partial charge >= 0.3 is 0 Å². The Balaban J connectivity index is 1.37. The number of aliphatic imine (C=N–C) groups is 1. The second-order valence-electron chi connectivity index (χ2n) is 9.09.